The van der Waals surface area contributed by atoms with Gasteiger partial charge in [0, 0.05) is 12.6 Å². The lowest BCUT2D eigenvalue weighted by molar-refractivity contribution is -0.135. The number of carbonyl (C=O) groups is 1. The summed E-state index contributed by atoms with van der Waals surface area (Å²) >= 11 is 0. The normalized spacial score (nSPS) is 10.1. The van der Waals surface area contributed by atoms with Crippen molar-refractivity contribution in [2.45, 2.75) is 13.8 Å². The summed E-state index contributed by atoms with van der Waals surface area (Å²) in [5, 5.41) is 18.1. The zero-order valence-corrected chi connectivity index (χ0v) is 11.4. The van der Waals surface area contributed by atoms with Crippen molar-refractivity contribution in [1.82, 2.24) is 0 Å². The van der Waals surface area contributed by atoms with Crippen LogP contribution in [0.5, 0.6) is 5.75 Å². The summed E-state index contributed by atoms with van der Waals surface area (Å²) in [5.41, 5.74) is 1.04. The minimum Gasteiger partial charge on any atom is -0.497 e. The summed E-state index contributed by atoms with van der Waals surface area (Å²) < 4.78 is 5.13. The lowest BCUT2D eigenvalue weighted by Crippen LogP contribution is -2.33. The van der Waals surface area contributed by atoms with Gasteiger partial charge >= 0.3 is 5.97 Å². The number of hydrogen-bond donors (Lipinski definition) is 1. The Labute approximate surface area is 113 Å². The molecule has 0 saturated heterocycles. The van der Waals surface area contributed by atoms with Crippen LogP contribution in [0, 0.1) is 17.2 Å². The first kappa shape index (κ1) is 14.8. The molecule has 5 heteroatoms. The van der Waals surface area contributed by atoms with Crippen molar-refractivity contribution in [3.05, 3.63) is 23.8 Å². The van der Waals surface area contributed by atoms with Crippen molar-refractivity contribution >= 4 is 11.7 Å². The van der Waals surface area contributed by atoms with E-state index in [4.69, 9.17) is 15.1 Å². The number of rotatable bonds is 6. The van der Waals surface area contributed by atoms with Crippen LogP contribution in [-0.2, 0) is 4.79 Å². The summed E-state index contributed by atoms with van der Waals surface area (Å²) in [6.45, 7) is 4.43. The third-order valence-corrected chi connectivity index (χ3v) is 2.58. The van der Waals surface area contributed by atoms with E-state index in [1.165, 1.54) is 7.11 Å². The van der Waals surface area contributed by atoms with Gasteiger partial charge in [-0.25, -0.2) is 0 Å². The molecule has 1 rings (SSSR count). The van der Waals surface area contributed by atoms with Crippen molar-refractivity contribution in [3.8, 4) is 11.8 Å². The van der Waals surface area contributed by atoms with Gasteiger partial charge in [-0.05, 0) is 18.1 Å². The predicted molar refractivity (Wildman–Crippen MR) is 72.4 cm³/mol. The lowest BCUT2D eigenvalue weighted by Gasteiger charge is -2.26. The number of carboxylic acids is 1. The van der Waals surface area contributed by atoms with Gasteiger partial charge in [0.1, 0.15) is 18.4 Å². The first-order valence-electron chi connectivity index (χ1n) is 6.02. The highest BCUT2D eigenvalue weighted by Gasteiger charge is 2.16. The average Bonchev–Trinajstić information content (AvgIpc) is 2.36. The maximum Gasteiger partial charge on any atom is 0.323 e. The molecule has 0 heterocycles. The molecule has 0 amide bonds. The Balaban J connectivity index is 3.18. The van der Waals surface area contributed by atoms with Crippen LogP contribution in [0.15, 0.2) is 18.2 Å². The van der Waals surface area contributed by atoms with E-state index < -0.39 is 5.97 Å². The van der Waals surface area contributed by atoms with Crippen molar-refractivity contribution in [2.75, 3.05) is 25.1 Å². The molecular formula is C14H18N2O3. The highest BCUT2D eigenvalue weighted by atomic mass is 16.5. The molecule has 1 N–H and O–H groups in total. The molecule has 1 aromatic rings. The lowest BCUT2D eigenvalue weighted by atomic mass is 10.1. The summed E-state index contributed by atoms with van der Waals surface area (Å²) in [5.74, 6) is -0.0300. The number of hydrogen-bond acceptors (Lipinski definition) is 4. The van der Waals surface area contributed by atoms with Gasteiger partial charge in [-0.15, -0.1) is 0 Å². The highest BCUT2D eigenvalue weighted by Crippen LogP contribution is 2.26. The van der Waals surface area contributed by atoms with E-state index in [2.05, 4.69) is 6.07 Å². The number of ether oxygens (including phenoxy) is 1. The monoisotopic (exact) mass is 262 g/mol. The second-order valence-corrected chi connectivity index (χ2v) is 4.66. The Morgan fingerprint density at radius 3 is 2.68 bits per heavy atom. The van der Waals surface area contributed by atoms with Crippen LogP contribution in [0.3, 0.4) is 0 Å². The Hall–Kier alpha value is -2.22. The summed E-state index contributed by atoms with van der Waals surface area (Å²) in [6.07, 6.45) is 0. The van der Waals surface area contributed by atoms with Crippen molar-refractivity contribution in [1.29, 1.82) is 5.26 Å². The molecule has 0 saturated carbocycles. The summed E-state index contributed by atoms with van der Waals surface area (Å²) in [7, 11) is 1.54. The molecule has 0 spiro atoms. The molecule has 0 bridgehead atoms. The fraction of sp³-hybridized carbons (Fsp3) is 0.429. The SMILES string of the molecule is COc1ccc(C#N)c(N(CC(=O)O)CC(C)C)c1. The second-order valence-electron chi connectivity index (χ2n) is 4.66. The van der Waals surface area contributed by atoms with E-state index in [0.29, 0.717) is 23.5 Å². The highest BCUT2D eigenvalue weighted by molar-refractivity contribution is 5.75. The van der Waals surface area contributed by atoms with Crippen molar-refractivity contribution < 1.29 is 14.6 Å². The molecule has 5 nitrogen and oxygen atoms in total. The third-order valence-electron chi connectivity index (χ3n) is 2.58. The number of carboxylic acid groups (broad SMARTS) is 1. The van der Waals surface area contributed by atoms with Gasteiger partial charge in [0.2, 0.25) is 0 Å². The molecule has 0 atom stereocenters. The van der Waals surface area contributed by atoms with Crippen LogP contribution >= 0.6 is 0 Å². The van der Waals surface area contributed by atoms with E-state index in [-0.39, 0.29) is 12.5 Å². The first-order valence-corrected chi connectivity index (χ1v) is 6.02. The largest absolute Gasteiger partial charge is 0.497 e. The van der Waals surface area contributed by atoms with Crippen LogP contribution < -0.4 is 9.64 Å². The Bertz CT molecular complexity index is 492. The zero-order valence-electron chi connectivity index (χ0n) is 11.4. The molecule has 0 fully saturated rings. The molecule has 0 aliphatic rings. The van der Waals surface area contributed by atoms with Crippen LogP contribution in [0.4, 0.5) is 5.69 Å². The molecule has 102 valence electrons. The maximum atomic E-state index is 11.0. The Morgan fingerprint density at radius 1 is 1.53 bits per heavy atom. The van der Waals surface area contributed by atoms with E-state index >= 15 is 0 Å². The Kier molecular flexibility index (Phi) is 5.19. The van der Waals surface area contributed by atoms with Gasteiger partial charge in [-0.1, -0.05) is 13.8 Å². The van der Waals surface area contributed by atoms with Gasteiger partial charge < -0.3 is 14.7 Å². The minimum absolute atomic E-state index is 0.139. The maximum absolute atomic E-state index is 11.0. The van der Waals surface area contributed by atoms with Gasteiger partial charge in [0.15, 0.2) is 0 Å². The van der Waals surface area contributed by atoms with Gasteiger partial charge in [-0.2, -0.15) is 5.26 Å². The van der Waals surface area contributed by atoms with Crippen molar-refractivity contribution in [3.63, 3.8) is 0 Å². The van der Waals surface area contributed by atoms with Crippen LogP contribution in [0.2, 0.25) is 0 Å². The zero-order chi connectivity index (χ0) is 14.4. The molecule has 0 aliphatic heterocycles. The second kappa shape index (κ2) is 6.64. The fourth-order valence-electron chi connectivity index (χ4n) is 1.85. The molecule has 0 unspecified atom stereocenters. The summed E-state index contributed by atoms with van der Waals surface area (Å²) in [4.78, 5) is 12.7. The standard InChI is InChI=1S/C14H18N2O3/c1-10(2)8-16(9-14(17)18)13-6-12(19-3)5-4-11(13)7-15/h4-6,10H,8-9H2,1-3H3,(H,17,18). The first-order chi connectivity index (χ1) is 8.97. The molecular weight excluding hydrogens is 244 g/mol. The number of aliphatic carboxylic acids is 1. The van der Waals surface area contributed by atoms with E-state index in [9.17, 15) is 4.79 Å². The molecule has 19 heavy (non-hydrogen) atoms. The van der Waals surface area contributed by atoms with E-state index in [0.717, 1.165) is 0 Å². The topological polar surface area (TPSA) is 73.6 Å². The predicted octanol–water partition coefficient (Wildman–Crippen LogP) is 2.11. The summed E-state index contributed by atoms with van der Waals surface area (Å²) in [6, 6.07) is 7.12. The number of nitriles is 1. The van der Waals surface area contributed by atoms with E-state index in [1.54, 1.807) is 23.1 Å². The molecule has 1 aromatic carbocycles. The van der Waals surface area contributed by atoms with Gasteiger partial charge in [0.25, 0.3) is 0 Å². The molecule has 0 aromatic heterocycles. The quantitative estimate of drug-likeness (QED) is 0.850. The average molecular weight is 262 g/mol. The number of methoxy groups -OCH3 is 1. The Morgan fingerprint density at radius 2 is 2.21 bits per heavy atom. The number of nitrogens with zero attached hydrogens (tertiary/aromatic N) is 2. The molecule has 0 aliphatic carbocycles. The minimum atomic E-state index is -0.924. The number of benzene rings is 1. The van der Waals surface area contributed by atoms with Crippen LogP contribution in [0.25, 0.3) is 0 Å². The third kappa shape index (κ3) is 4.18. The van der Waals surface area contributed by atoms with Gasteiger partial charge in [-0.3, -0.25) is 4.79 Å². The van der Waals surface area contributed by atoms with Crippen LogP contribution in [0.1, 0.15) is 19.4 Å². The van der Waals surface area contributed by atoms with Gasteiger partial charge in [0.05, 0.1) is 18.4 Å². The fourth-order valence-corrected chi connectivity index (χ4v) is 1.85. The number of anilines is 1. The smallest absolute Gasteiger partial charge is 0.323 e. The molecule has 0 radical (unpaired) electrons. The van der Waals surface area contributed by atoms with Crippen LogP contribution in [-0.4, -0.2) is 31.3 Å². The van der Waals surface area contributed by atoms with E-state index in [1.807, 2.05) is 13.8 Å². The van der Waals surface area contributed by atoms with Crippen molar-refractivity contribution in [2.24, 2.45) is 5.92 Å².